The van der Waals surface area contributed by atoms with Gasteiger partial charge in [-0.3, -0.25) is 9.59 Å². The molecule has 0 unspecified atom stereocenters. The molecule has 164 valence electrons. The van der Waals surface area contributed by atoms with Gasteiger partial charge in [0.25, 0.3) is 0 Å². The second-order valence-corrected chi connectivity index (χ2v) is 10.6. The van der Waals surface area contributed by atoms with Gasteiger partial charge in [-0.1, -0.05) is 0 Å². The van der Waals surface area contributed by atoms with Gasteiger partial charge in [0, 0.05) is 50.2 Å². The molecule has 2 aromatic rings. The van der Waals surface area contributed by atoms with E-state index in [1.165, 1.54) is 11.2 Å². The van der Waals surface area contributed by atoms with E-state index in [9.17, 15) is 18.0 Å². The van der Waals surface area contributed by atoms with E-state index in [1.807, 2.05) is 26.0 Å². The van der Waals surface area contributed by atoms with Crippen LogP contribution in [0.2, 0.25) is 0 Å². The third-order valence-electron chi connectivity index (χ3n) is 6.36. The largest absolute Gasteiger partial charge is 0.369 e. The molecule has 1 fully saturated rings. The summed E-state index contributed by atoms with van der Waals surface area (Å²) in [6.45, 7) is 7.06. The first-order chi connectivity index (χ1) is 14.5. The summed E-state index contributed by atoms with van der Waals surface area (Å²) in [4.78, 5) is 27.9. The number of amides is 1. The number of likely N-dealkylation sites (N-methyl/N-ethyl adjacent to an activating group) is 1. The van der Waals surface area contributed by atoms with Crippen LogP contribution in [0.5, 0.6) is 0 Å². The fourth-order valence-electron chi connectivity index (χ4n) is 4.36. The topological polar surface area (TPSA) is 78.0 Å². The average Bonchev–Trinajstić information content (AvgIpc) is 2.94. The van der Waals surface area contributed by atoms with E-state index in [-0.39, 0.29) is 16.6 Å². The number of sulfonamides is 1. The molecule has 31 heavy (non-hydrogen) atoms. The van der Waals surface area contributed by atoms with Gasteiger partial charge in [0.1, 0.15) is 0 Å². The van der Waals surface area contributed by atoms with Crippen LogP contribution in [0.3, 0.4) is 0 Å². The summed E-state index contributed by atoms with van der Waals surface area (Å²) in [5, 5.41) is 0. The summed E-state index contributed by atoms with van der Waals surface area (Å²) >= 11 is 0. The van der Waals surface area contributed by atoms with Gasteiger partial charge < -0.3 is 9.80 Å². The number of ketones is 1. The zero-order chi connectivity index (χ0) is 22.6. The minimum absolute atomic E-state index is 0.0212. The fraction of sp³-hybridized carbons (Fsp3) is 0.391. The zero-order valence-corrected chi connectivity index (χ0v) is 19.1. The molecular weight excluding hydrogens is 414 g/mol. The van der Waals surface area contributed by atoms with E-state index in [0.717, 1.165) is 16.9 Å². The predicted molar refractivity (Wildman–Crippen MR) is 120 cm³/mol. The van der Waals surface area contributed by atoms with Crippen LogP contribution in [0.25, 0.3) is 0 Å². The second kappa shape index (κ2) is 7.46. The Kier molecular flexibility index (Phi) is 5.18. The zero-order valence-electron chi connectivity index (χ0n) is 18.3. The van der Waals surface area contributed by atoms with Crippen molar-refractivity contribution in [2.24, 2.45) is 0 Å². The van der Waals surface area contributed by atoms with Gasteiger partial charge in [-0.05, 0) is 68.8 Å². The summed E-state index contributed by atoms with van der Waals surface area (Å²) in [5.74, 6) is -0.0191. The van der Waals surface area contributed by atoms with Crippen molar-refractivity contribution in [3.63, 3.8) is 0 Å². The molecular formula is C23H27N3O4S. The maximum absolute atomic E-state index is 13.3. The van der Waals surface area contributed by atoms with Crippen LogP contribution in [0.4, 0.5) is 11.4 Å². The van der Waals surface area contributed by atoms with E-state index < -0.39 is 15.4 Å². The van der Waals surface area contributed by atoms with Gasteiger partial charge in [-0.2, -0.15) is 4.31 Å². The SMILES string of the molecule is CC(=O)c1ccc(N2CCN(S(=O)(=O)c3ccc4c(c3)C(C)(C)C(=O)N4C)CC2)cc1. The predicted octanol–water partition coefficient (Wildman–Crippen LogP) is 2.65. The van der Waals surface area contributed by atoms with Gasteiger partial charge in [0.2, 0.25) is 15.9 Å². The number of benzene rings is 2. The molecule has 0 saturated carbocycles. The number of piperazine rings is 1. The summed E-state index contributed by atoms with van der Waals surface area (Å²) < 4.78 is 28.1. The fourth-order valence-corrected chi connectivity index (χ4v) is 5.80. The average molecular weight is 442 g/mol. The van der Waals surface area contributed by atoms with Gasteiger partial charge in [0.15, 0.2) is 5.78 Å². The number of fused-ring (bicyclic) bond motifs is 1. The van der Waals surface area contributed by atoms with Crippen LogP contribution in [0.1, 0.15) is 36.7 Å². The third-order valence-corrected chi connectivity index (χ3v) is 8.25. The van der Waals surface area contributed by atoms with Crippen molar-refractivity contribution in [3.05, 3.63) is 53.6 Å². The lowest BCUT2D eigenvalue weighted by molar-refractivity contribution is -0.121. The van der Waals surface area contributed by atoms with E-state index in [1.54, 1.807) is 42.3 Å². The Hall–Kier alpha value is -2.71. The first kappa shape index (κ1) is 21.5. The lowest BCUT2D eigenvalue weighted by atomic mass is 9.86. The first-order valence-corrected chi connectivity index (χ1v) is 11.8. The normalized spacial score (nSPS) is 18.9. The number of hydrogen-bond donors (Lipinski definition) is 0. The molecule has 0 bridgehead atoms. The Balaban J connectivity index is 1.52. The molecule has 1 amide bonds. The highest BCUT2D eigenvalue weighted by atomic mass is 32.2. The van der Waals surface area contributed by atoms with E-state index in [0.29, 0.717) is 31.7 Å². The highest BCUT2D eigenvalue weighted by Gasteiger charge is 2.43. The quantitative estimate of drug-likeness (QED) is 0.682. The van der Waals surface area contributed by atoms with Crippen molar-refractivity contribution in [3.8, 4) is 0 Å². The van der Waals surface area contributed by atoms with Crippen molar-refractivity contribution >= 4 is 33.1 Å². The van der Waals surface area contributed by atoms with Gasteiger partial charge in [-0.25, -0.2) is 8.42 Å². The van der Waals surface area contributed by atoms with Crippen LogP contribution in [0, 0.1) is 0 Å². The van der Waals surface area contributed by atoms with E-state index in [2.05, 4.69) is 4.90 Å². The standard InChI is InChI=1S/C23H27N3O4S/c1-16(27)17-5-7-18(8-6-17)25-11-13-26(14-12-25)31(29,30)19-9-10-21-20(15-19)23(2,3)22(28)24(21)4/h5-10,15H,11-14H2,1-4H3. The van der Waals surface area contributed by atoms with Gasteiger partial charge in [0.05, 0.1) is 10.3 Å². The maximum atomic E-state index is 13.3. The minimum Gasteiger partial charge on any atom is -0.369 e. The summed E-state index contributed by atoms with van der Waals surface area (Å²) in [6, 6.07) is 12.4. The van der Waals surface area contributed by atoms with Crippen LogP contribution in [0.15, 0.2) is 47.4 Å². The lowest BCUT2D eigenvalue weighted by Crippen LogP contribution is -2.48. The second-order valence-electron chi connectivity index (χ2n) is 8.66. The Morgan fingerprint density at radius 1 is 0.968 bits per heavy atom. The molecule has 0 N–H and O–H groups in total. The summed E-state index contributed by atoms with van der Waals surface area (Å²) in [6.07, 6.45) is 0. The van der Waals surface area contributed by atoms with Crippen molar-refractivity contribution in [2.75, 3.05) is 43.0 Å². The number of Topliss-reactive ketones (excluding diaryl/α,β-unsaturated/α-hetero) is 1. The van der Waals surface area contributed by atoms with Crippen molar-refractivity contribution < 1.29 is 18.0 Å². The highest BCUT2D eigenvalue weighted by molar-refractivity contribution is 7.89. The lowest BCUT2D eigenvalue weighted by Gasteiger charge is -2.35. The molecule has 2 heterocycles. The third kappa shape index (κ3) is 3.53. The molecule has 0 radical (unpaired) electrons. The van der Waals surface area contributed by atoms with Crippen LogP contribution in [-0.4, -0.2) is 57.6 Å². The number of carbonyl (C=O) groups excluding carboxylic acids is 2. The Morgan fingerprint density at radius 3 is 2.16 bits per heavy atom. The molecule has 0 spiro atoms. The Bertz CT molecular complexity index is 1150. The van der Waals surface area contributed by atoms with E-state index in [4.69, 9.17) is 0 Å². The Labute approximate surface area is 183 Å². The van der Waals surface area contributed by atoms with Crippen LogP contribution >= 0.6 is 0 Å². The van der Waals surface area contributed by atoms with E-state index >= 15 is 0 Å². The number of hydrogen-bond acceptors (Lipinski definition) is 5. The number of anilines is 2. The molecule has 2 aliphatic rings. The highest BCUT2D eigenvalue weighted by Crippen LogP contribution is 2.42. The molecule has 2 aromatic carbocycles. The van der Waals surface area contributed by atoms with Gasteiger partial charge in [-0.15, -0.1) is 0 Å². The molecule has 4 rings (SSSR count). The molecule has 1 saturated heterocycles. The summed E-state index contributed by atoms with van der Waals surface area (Å²) in [7, 11) is -1.95. The van der Waals surface area contributed by atoms with Crippen molar-refractivity contribution in [1.82, 2.24) is 4.31 Å². The monoisotopic (exact) mass is 441 g/mol. The molecule has 0 aliphatic carbocycles. The van der Waals surface area contributed by atoms with Crippen LogP contribution < -0.4 is 9.80 Å². The van der Waals surface area contributed by atoms with Crippen molar-refractivity contribution in [2.45, 2.75) is 31.1 Å². The molecule has 8 heteroatoms. The smallest absolute Gasteiger partial charge is 0.243 e. The number of nitrogens with zero attached hydrogens (tertiary/aromatic N) is 3. The molecule has 2 aliphatic heterocycles. The van der Waals surface area contributed by atoms with Gasteiger partial charge >= 0.3 is 0 Å². The summed E-state index contributed by atoms with van der Waals surface area (Å²) in [5.41, 5.74) is 2.38. The molecule has 0 atom stereocenters. The molecule has 0 aromatic heterocycles. The first-order valence-electron chi connectivity index (χ1n) is 10.3. The minimum atomic E-state index is -3.66. The van der Waals surface area contributed by atoms with Crippen LogP contribution in [-0.2, 0) is 20.2 Å². The molecule has 7 nitrogen and oxygen atoms in total. The maximum Gasteiger partial charge on any atom is 0.243 e. The Morgan fingerprint density at radius 2 is 1.58 bits per heavy atom. The van der Waals surface area contributed by atoms with Crippen molar-refractivity contribution in [1.29, 1.82) is 0 Å². The number of rotatable bonds is 4. The number of carbonyl (C=O) groups is 2.